The van der Waals surface area contributed by atoms with Crippen molar-refractivity contribution in [1.82, 2.24) is 9.97 Å². The summed E-state index contributed by atoms with van der Waals surface area (Å²) in [6.45, 7) is 5.83. The Hall–Kier alpha value is -1.20. The molecule has 1 unspecified atom stereocenters. The standard InChI is InChI=1S/C13H17N3OS/c1-3-10-14-11(9-4-7-18-12(9)15-10)16-13(2)5-6-17-8-13/h4,7H,3,5-6,8H2,1-2H3,(H,14,15,16). The number of nitrogens with one attached hydrogen (secondary N) is 1. The van der Waals surface area contributed by atoms with Crippen molar-refractivity contribution in [3.8, 4) is 0 Å². The lowest BCUT2D eigenvalue weighted by Gasteiger charge is -2.24. The Kier molecular flexibility index (Phi) is 2.95. The van der Waals surface area contributed by atoms with E-state index in [9.17, 15) is 0 Å². The van der Waals surface area contributed by atoms with E-state index in [-0.39, 0.29) is 5.54 Å². The van der Waals surface area contributed by atoms with E-state index in [1.165, 1.54) is 0 Å². The van der Waals surface area contributed by atoms with Crippen LogP contribution in [0.1, 0.15) is 26.1 Å². The first kappa shape index (κ1) is 11.9. The molecule has 0 aliphatic carbocycles. The summed E-state index contributed by atoms with van der Waals surface area (Å²) in [5.41, 5.74) is -0.00572. The second-order valence-corrected chi connectivity index (χ2v) is 5.86. The van der Waals surface area contributed by atoms with Gasteiger partial charge < -0.3 is 10.1 Å². The summed E-state index contributed by atoms with van der Waals surface area (Å²) in [5.74, 6) is 1.85. The molecule has 2 aromatic rings. The summed E-state index contributed by atoms with van der Waals surface area (Å²) in [7, 11) is 0. The van der Waals surface area contributed by atoms with Gasteiger partial charge in [-0.3, -0.25) is 0 Å². The van der Waals surface area contributed by atoms with E-state index in [2.05, 4.69) is 40.6 Å². The van der Waals surface area contributed by atoms with Crippen LogP contribution in [-0.2, 0) is 11.2 Å². The molecule has 0 aromatic carbocycles. The van der Waals surface area contributed by atoms with Crippen molar-refractivity contribution in [2.75, 3.05) is 18.5 Å². The minimum Gasteiger partial charge on any atom is -0.379 e. The van der Waals surface area contributed by atoms with E-state index < -0.39 is 0 Å². The van der Waals surface area contributed by atoms with Crippen molar-refractivity contribution in [3.05, 3.63) is 17.3 Å². The molecule has 2 aromatic heterocycles. The molecular weight excluding hydrogens is 246 g/mol. The molecule has 0 saturated carbocycles. The molecule has 0 amide bonds. The Bertz CT molecular complexity index is 560. The minimum absolute atomic E-state index is 0.00572. The van der Waals surface area contributed by atoms with Crippen molar-refractivity contribution >= 4 is 27.4 Å². The molecule has 0 radical (unpaired) electrons. The quantitative estimate of drug-likeness (QED) is 0.925. The molecule has 96 valence electrons. The first-order chi connectivity index (χ1) is 8.70. The van der Waals surface area contributed by atoms with Crippen LogP contribution in [-0.4, -0.2) is 28.7 Å². The topological polar surface area (TPSA) is 47.0 Å². The summed E-state index contributed by atoms with van der Waals surface area (Å²) in [4.78, 5) is 10.2. The van der Waals surface area contributed by atoms with Gasteiger partial charge >= 0.3 is 0 Å². The number of nitrogens with zero attached hydrogens (tertiary/aromatic N) is 2. The van der Waals surface area contributed by atoms with Gasteiger partial charge in [0, 0.05) is 13.0 Å². The van der Waals surface area contributed by atoms with E-state index in [0.29, 0.717) is 0 Å². The van der Waals surface area contributed by atoms with Gasteiger partial charge in [-0.1, -0.05) is 6.92 Å². The number of hydrogen-bond donors (Lipinski definition) is 1. The van der Waals surface area contributed by atoms with Crippen molar-refractivity contribution in [1.29, 1.82) is 0 Å². The Morgan fingerprint density at radius 3 is 3.11 bits per heavy atom. The average Bonchev–Trinajstić information content (AvgIpc) is 2.97. The maximum absolute atomic E-state index is 5.48. The monoisotopic (exact) mass is 263 g/mol. The molecule has 1 saturated heterocycles. The van der Waals surface area contributed by atoms with Crippen LogP contribution < -0.4 is 5.32 Å². The molecule has 3 heterocycles. The highest BCUT2D eigenvalue weighted by molar-refractivity contribution is 7.16. The van der Waals surface area contributed by atoms with E-state index in [0.717, 1.165) is 47.9 Å². The van der Waals surface area contributed by atoms with Gasteiger partial charge in [-0.05, 0) is 24.8 Å². The third kappa shape index (κ3) is 2.08. The van der Waals surface area contributed by atoms with Crippen LogP contribution in [0.2, 0.25) is 0 Å². The lowest BCUT2D eigenvalue weighted by molar-refractivity contribution is 0.185. The third-order valence-electron chi connectivity index (χ3n) is 3.33. The fourth-order valence-corrected chi connectivity index (χ4v) is 2.99. The third-order valence-corrected chi connectivity index (χ3v) is 4.13. The van der Waals surface area contributed by atoms with Crippen molar-refractivity contribution in [3.63, 3.8) is 0 Å². The van der Waals surface area contributed by atoms with Crippen LogP contribution in [0.5, 0.6) is 0 Å². The summed E-state index contributed by atoms with van der Waals surface area (Å²) in [5, 5.41) is 6.73. The van der Waals surface area contributed by atoms with Crippen molar-refractivity contribution in [2.45, 2.75) is 32.2 Å². The van der Waals surface area contributed by atoms with Gasteiger partial charge in [-0.15, -0.1) is 11.3 Å². The number of ether oxygens (including phenoxy) is 1. The number of fused-ring (bicyclic) bond motifs is 1. The highest BCUT2D eigenvalue weighted by Gasteiger charge is 2.30. The van der Waals surface area contributed by atoms with Gasteiger partial charge in [-0.2, -0.15) is 0 Å². The first-order valence-electron chi connectivity index (χ1n) is 6.30. The lowest BCUT2D eigenvalue weighted by Crippen LogP contribution is -2.35. The molecule has 3 rings (SSSR count). The molecule has 18 heavy (non-hydrogen) atoms. The highest BCUT2D eigenvalue weighted by Crippen LogP contribution is 2.29. The molecule has 1 N–H and O–H groups in total. The molecule has 1 aliphatic rings. The highest BCUT2D eigenvalue weighted by atomic mass is 32.1. The van der Waals surface area contributed by atoms with Gasteiger partial charge in [0.05, 0.1) is 17.5 Å². The largest absolute Gasteiger partial charge is 0.379 e. The zero-order valence-corrected chi connectivity index (χ0v) is 11.5. The van der Waals surface area contributed by atoms with E-state index in [4.69, 9.17) is 4.74 Å². The molecule has 1 aliphatic heterocycles. The number of rotatable bonds is 3. The maximum atomic E-state index is 5.48. The molecule has 0 bridgehead atoms. The second kappa shape index (κ2) is 4.48. The number of thiophene rings is 1. The van der Waals surface area contributed by atoms with Crippen LogP contribution in [0.3, 0.4) is 0 Å². The van der Waals surface area contributed by atoms with Crippen LogP contribution >= 0.6 is 11.3 Å². The minimum atomic E-state index is -0.00572. The number of aryl methyl sites for hydroxylation is 1. The first-order valence-corrected chi connectivity index (χ1v) is 7.18. The van der Waals surface area contributed by atoms with Crippen molar-refractivity contribution in [2.24, 2.45) is 0 Å². The van der Waals surface area contributed by atoms with E-state index >= 15 is 0 Å². The van der Waals surface area contributed by atoms with Crippen molar-refractivity contribution < 1.29 is 4.74 Å². The zero-order chi connectivity index (χ0) is 12.6. The predicted molar refractivity (Wildman–Crippen MR) is 74.3 cm³/mol. The Morgan fingerprint density at radius 2 is 2.39 bits per heavy atom. The summed E-state index contributed by atoms with van der Waals surface area (Å²) >= 11 is 1.67. The van der Waals surface area contributed by atoms with Crippen LogP contribution in [0.15, 0.2) is 11.4 Å². The van der Waals surface area contributed by atoms with Gasteiger partial charge in [0.25, 0.3) is 0 Å². The normalized spacial score (nSPS) is 23.7. The molecule has 1 atom stereocenters. The summed E-state index contributed by atoms with van der Waals surface area (Å²) in [6, 6.07) is 2.08. The predicted octanol–water partition coefficient (Wildman–Crippen LogP) is 2.84. The lowest BCUT2D eigenvalue weighted by atomic mass is 10.0. The maximum Gasteiger partial charge on any atom is 0.139 e. The zero-order valence-electron chi connectivity index (χ0n) is 10.7. The number of anilines is 1. The molecule has 1 fully saturated rings. The Morgan fingerprint density at radius 1 is 1.50 bits per heavy atom. The number of aromatic nitrogens is 2. The fraction of sp³-hybridized carbons (Fsp3) is 0.538. The fourth-order valence-electron chi connectivity index (χ4n) is 2.20. The van der Waals surface area contributed by atoms with Gasteiger partial charge in [0.1, 0.15) is 16.5 Å². The molecule has 5 heteroatoms. The van der Waals surface area contributed by atoms with Gasteiger partial charge in [-0.25, -0.2) is 9.97 Å². The molecule has 4 nitrogen and oxygen atoms in total. The van der Waals surface area contributed by atoms with Crippen LogP contribution in [0, 0.1) is 0 Å². The number of hydrogen-bond acceptors (Lipinski definition) is 5. The summed E-state index contributed by atoms with van der Waals surface area (Å²) < 4.78 is 5.48. The molecular formula is C13H17N3OS. The van der Waals surface area contributed by atoms with Gasteiger partial charge in [0.2, 0.25) is 0 Å². The molecule has 0 spiro atoms. The summed E-state index contributed by atoms with van der Waals surface area (Å²) in [6.07, 6.45) is 1.87. The Labute approximate surface area is 110 Å². The van der Waals surface area contributed by atoms with Crippen LogP contribution in [0.4, 0.5) is 5.82 Å². The van der Waals surface area contributed by atoms with E-state index in [1.807, 2.05) is 0 Å². The van der Waals surface area contributed by atoms with Gasteiger partial charge in [0.15, 0.2) is 0 Å². The SMILES string of the molecule is CCc1nc(NC2(C)CCOC2)c2ccsc2n1. The van der Waals surface area contributed by atoms with Crippen LogP contribution in [0.25, 0.3) is 10.2 Å². The van der Waals surface area contributed by atoms with E-state index in [1.54, 1.807) is 11.3 Å². The average molecular weight is 263 g/mol. The smallest absolute Gasteiger partial charge is 0.139 e. The second-order valence-electron chi connectivity index (χ2n) is 4.97. The Balaban J connectivity index is 2.01.